The summed E-state index contributed by atoms with van der Waals surface area (Å²) in [5.41, 5.74) is 1.46. The number of rotatable bonds is 5. The number of carbonyl (C=O) groups excluding carboxylic acids is 1. The van der Waals surface area contributed by atoms with Gasteiger partial charge in [0.2, 0.25) is 0 Å². The highest BCUT2D eigenvalue weighted by Crippen LogP contribution is 2.35. The van der Waals surface area contributed by atoms with E-state index in [1.165, 1.54) is 22.9 Å². The Labute approximate surface area is 166 Å². The zero-order valence-corrected chi connectivity index (χ0v) is 17.0. The largest absolute Gasteiger partial charge is 0.493 e. The fourth-order valence-corrected chi connectivity index (χ4v) is 5.08. The summed E-state index contributed by atoms with van der Waals surface area (Å²) in [5, 5.41) is 0.689. The summed E-state index contributed by atoms with van der Waals surface area (Å²) in [6, 6.07) is 4.99. The molecule has 0 aliphatic heterocycles. The standard InChI is InChI=1S/C21H22N2O4S/c1-12-4-6-14-18(8-12)28-20-19(14)21(25)23(11-22-20)10-15(24)13-5-7-16(26-2)17(9-13)27-3/h5,7,9,11-12H,4,6,8,10H2,1-3H3/t12-/m1/s1. The van der Waals surface area contributed by atoms with E-state index in [0.29, 0.717) is 28.4 Å². The van der Waals surface area contributed by atoms with Gasteiger partial charge in [-0.15, -0.1) is 11.3 Å². The first kappa shape index (κ1) is 18.7. The smallest absolute Gasteiger partial charge is 0.262 e. The van der Waals surface area contributed by atoms with Crippen LogP contribution in [0, 0.1) is 5.92 Å². The molecule has 0 fully saturated rings. The highest BCUT2D eigenvalue weighted by Gasteiger charge is 2.23. The van der Waals surface area contributed by atoms with Crippen LogP contribution in [0.15, 0.2) is 29.3 Å². The van der Waals surface area contributed by atoms with Gasteiger partial charge in [-0.2, -0.15) is 0 Å². The second-order valence-electron chi connectivity index (χ2n) is 7.20. The van der Waals surface area contributed by atoms with Crippen molar-refractivity contribution < 1.29 is 14.3 Å². The number of ether oxygens (including phenoxy) is 2. The Morgan fingerprint density at radius 3 is 2.82 bits per heavy atom. The van der Waals surface area contributed by atoms with E-state index in [9.17, 15) is 9.59 Å². The molecule has 7 heteroatoms. The third-order valence-corrected chi connectivity index (χ3v) is 6.46. The van der Waals surface area contributed by atoms with Crippen molar-refractivity contribution in [1.82, 2.24) is 9.55 Å². The Kier molecular flexibility index (Phi) is 4.93. The summed E-state index contributed by atoms with van der Waals surface area (Å²) in [5.74, 6) is 1.49. The van der Waals surface area contributed by atoms with E-state index in [4.69, 9.17) is 9.47 Å². The summed E-state index contributed by atoms with van der Waals surface area (Å²) in [6.45, 7) is 2.18. The molecule has 1 atom stereocenters. The predicted molar refractivity (Wildman–Crippen MR) is 109 cm³/mol. The average molecular weight is 398 g/mol. The minimum atomic E-state index is -0.179. The monoisotopic (exact) mass is 398 g/mol. The molecule has 0 saturated heterocycles. The van der Waals surface area contributed by atoms with Gasteiger partial charge >= 0.3 is 0 Å². The Morgan fingerprint density at radius 1 is 1.29 bits per heavy atom. The summed E-state index contributed by atoms with van der Waals surface area (Å²) in [4.78, 5) is 32.3. The van der Waals surface area contributed by atoms with Crippen LogP contribution >= 0.6 is 11.3 Å². The van der Waals surface area contributed by atoms with Crippen molar-refractivity contribution in [2.45, 2.75) is 32.7 Å². The molecule has 4 rings (SSSR count). The van der Waals surface area contributed by atoms with Crippen LogP contribution in [0.2, 0.25) is 0 Å². The number of benzene rings is 1. The van der Waals surface area contributed by atoms with Crippen LogP contribution in [0.1, 0.15) is 34.1 Å². The summed E-state index contributed by atoms with van der Waals surface area (Å²) < 4.78 is 11.9. The third-order valence-electron chi connectivity index (χ3n) is 5.30. The Balaban J connectivity index is 1.68. The predicted octanol–water partition coefficient (Wildman–Crippen LogP) is 3.48. The number of Topliss-reactive ketones (excluding diaryl/α,β-unsaturated/α-hetero) is 1. The first-order chi connectivity index (χ1) is 13.5. The maximum atomic E-state index is 13.1. The van der Waals surface area contributed by atoms with Gasteiger partial charge in [-0.3, -0.25) is 14.2 Å². The Morgan fingerprint density at radius 2 is 2.07 bits per heavy atom. The number of methoxy groups -OCH3 is 2. The minimum Gasteiger partial charge on any atom is -0.493 e. The van der Waals surface area contributed by atoms with Crippen LogP contribution in [0.4, 0.5) is 0 Å². The van der Waals surface area contributed by atoms with E-state index >= 15 is 0 Å². The van der Waals surface area contributed by atoms with Gasteiger partial charge in [0, 0.05) is 10.4 Å². The van der Waals surface area contributed by atoms with Gasteiger partial charge in [-0.25, -0.2) is 4.98 Å². The van der Waals surface area contributed by atoms with Crippen LogP contribution in [-0.4, -0.2) is 29.6 Å². The lowest BCUT2D eigenvalue weighted by Crippen LogP contribution is -2.25. The van der Waals surface area contributed by atoms with Gasteiger partial charge in [0.05, 0.1) is 32.5 Å². The van der Waals surface area contributed by atoms with Gasteiger partial charge in [-0.1, -0.05) is 6.92 Å². The number of aryl methyl sites for hydroxylation is 1. The summed E-state index contributed by atoms with van der Waals surface area (Å²) >= 11 is 1.61. The molecule has 1 aliphatic carbocycles. The molecule has 0 N–H and O–H groups in total. The van der Waals surface area contributed by atoms with Gasteiger partial charge in [-0.05, 0) is 48.9 Å². The van der Waals surface area contributed by atoms with E-state index in [1.807, 2.05) is 0 Å². The van der Waals surface area contributed by atoms with Gasteiger partial charge in [0.25, 0.3) is 5.56 Å². The van der Waals surface area contributed by atoms with Crippen LogP contribution in [0.25, 0.3) is 10.2 Å². The van der Waals surface area contributed by atoms with Crippen LogP contribution in [0.3, 0.4) is 0 Å². The molecule has 0 spiro atoms. The van der Waals surface area contributed by atoms with Crippen LogP contribution in [-0.2, 0) is 19.4 Å². The number of hydrogen-bond donors (Lipinski definition) is 0. The van der Waals surface area contributed by atoms with E-state index in [0.717, 1.165) is 29.7 Å². The van der Waals surface area contributed by atoms with Crippen molar-refractivity contribution in [3.63, 3.8) is 0 Å². The zero-order valence-electron chi connectivity index (χ0n) is 16.2. The number of hydrogen-bond acceptors (Lipinski definition) is 6. The molecule has 2 aromatic heterocycles. The first-order valence-electron chi connectivity index (χ1n) is 9.26. The highest BCUT2D eigenvalue weighted by atomic mass is 32.1. The van der Waals surface area contributed by atoms with Gasteiger partial charge in [0.1, 0.15) is 4.83 Å². The molecule has 3 aromatic rings. The molecule has 0 amide bonds. The molecule has 1 aliphatic rings. The van der Waals surface area contributed by atoms with E-state index < -0.39 is 0 Å². The maximum absolute atomic E-state index is 13.1. The molecule has 1 aromatic carbocycles. The molecule has 2 heterocycles. The molecule has 0 radical (unpaired) electrons. The van der Waals surface area contributed by atoms with Crippen molar-refractivity contribution in [3.8, 4) is 11.5 Å². The number of fused-ring (bicyclic) bond motifs is 3. The van der Waals surface area contributed by atoms with Crippen molar-refractivity contribution in [3.05, 3.63) is 50.9 Å². The number of aromatic nitrogens is 2. The van der Waals surface area contributed by atoms with Crippen molar-refractivity contribution in [1.29, 1.82) is 0 Å². The SMILES string of the molecule is COc1ccc(C(=O)Cn2cnc3sc4c(c3c2=O)CC[C@@H](C)C4)cc1OC. The fourth-order valence-electron chi connectivity index (χ4n) is 3.73. The molecule has 0 bridgehead atoms. The van der Waals surface area contributed by atoms with Crippen LogP contribution < -0.4 is 15.0 Å². The number of ketones is 1. The van der Waals surface area contributed by atoms with Gasteiger partial charge < -0.3 is 9.47 Å². The van der Waals surface area contributed by atoms with E-state index in [1.54, 1.807) is 36.6 Å². The average Bonchev–Trinajstić information content (AvgIpc) is 3.07. The number of nitrogens with zero attached hydrogens (tertiary/aromatic N) is 2. The number of thiophene rings is 1. The first-order valence-corrected chi connectivity index (χ1v) is 10.1. The van der Waals surface area contributed by atoms with Crippen molar-refractivity contribution >= 4 is 27.3 Å². The normalized spacial score (nSPS) is 16.0. The van der Waals surface area contributed by atoms with Gasteiger partial charge in [0.15, 0.2) is 17.3 Å². The van der Waals surface area contributed by atoms with Crippen molar-refractivity contribution in [2.24, 2.45) is 5.92 Å². The lowest BCUT2D eigenvalue weighted by molar-refractivity contribution is 0.0970. The lowest BCUT2D eigenvalue weighted by atomic mass is 9.89. The molecule has 28 heavy (non-hydrogen) atoms. The number of carbonyl (C=O) groups is 1. The summed E-state index contributed by atoms with van der Waals surface area (Å²) in [7, 11) is 3.07. The van der Waals surface area contributed by atoms with E-state index in [-0.39, 0.29) is 17.9 Å². The lowest BCUT2D eigenvalue weighted by Gasteiger charge is -2.17. The molecule has 0 unspecified atom stereocenters. The topological polar surface area (TPSA) is 70.4 Å². The van der Waals surface area contributed by atoms with Crippen LogP contribution in [0.5, 0.6) is 11.5 Å². The third kappa shape index (κ3) is 3.20. The second kappa shape index (κ2) is 7.39. The highest BCUT2D eigenvalue weighted by molar-refractivity contribution is 7.18. The van der Waals surface area contributed by atoms with E-state index in [2.05, 4.69) is 11.9 Å². The Bertz CT molecular complexity index is 1120. The zero-order chi connectivity index (χ0) is 19.8. The quantitative estimate of drug-likeness (QED) is 0.616. The van der Waals surface area contributed by atoms with Crippen molar-refractivity contribution in [2.75, 3.05) is 14.2 Å². The fraction of sp³-hybridized carbons (Fsp3) is 0.381. The summed E-state index contributed by atoms with van der Waals surface area (Å²) in [6.07, 6.45) is 4.47. The molecule has 146 valence electrons. The maximum Gasteiger partial charge on any atom is 0.262 e. The molecular weight excluding hydrogens is 376 g/mol. The Hall–Kier alpha value is -2.67. The molecule has 6 nitrogen and oxygen atoms in total. The molecule has 0 saturated carbocycles. The second-order valence-corrected chi connectivity index (χ2v) is 8.29. The minimum absolute atomic E-state index is 0.0573. The molecular formula is C21H22N2O4S.